The molecule has 0 spiro atoms. The zero-order valence-electron chi connectivity index (χ0n) is 19.4. The molecule has 3 aromatic rings. The van der Waals surface area contributed by atoms with Gasteiger partial charge in [0, 0.05) is 16.8 Å². The fourth-order valence-corrected chi connectivity index (χ4v) is 3.41. The van der Waals surface area contributed by atoms with Gasteiger partial charge in [-0.1, -0.05) is 12.1 Å². The maximum absolute atomic E-state index is 10.4. The molecule has 0 saturated heterocycles. The summed E-state index contributed by atoms with van der Waals surface area (Å²) in [5, 5.41) is 20.9. The van der Waals surface area contributed by atoms with Gasteiger partial charge in [-0.05, 0) is 75.9 Å². The summed E-state index contributed by atoms with van der Waals surface area (Å²) in [4.78, 5) is 17.6. The van der Waals surface area contributed by atoms with Crippen molar-refractivity contribution in [3.63, 3.8) is 0 Å². The first kappa shape index (κ1) is 27.0. The molecule has 0 amide bonds. The molecule has 0 aliphatic rings. The Kier molecular flexibility index (Phi) is 10.1. The van der Waals surface area contributed by atoms with E-state index in [0.29, 0.717) is 34.1 Å². The first-order chi connectivity index (χ1) is 15.6. The van der Waals surface area contributed by atoms with E-state index in [-0.39, 0.29) is 11.5 Å². The van der Waals surface area contributed by atoms with Gasteiger partial charge in [-0.15, -0.1) is 0 Å². The average molecular weight is 521 g/mol. The van der Waals surface area contributed by atoms with Gasteiger partial charge in [0.1, 0.15) is 23.5 Å². The summed E-state index contributed by atoms with van der Waals surface area (Å²) >= 11 is -0.556. The van der Waals surface area contributed by atoms with Crippen LogP contribution in [0.1, 0.15) is 47.2 Å². The summed E-state index contributed by atoms with van der Waals surface area (Å²) in [6.45, 7) is 11.3. The standard InChI is InChI=1S/C24H26N4O2.2ClH.Ti/c1-13-7-15(3)22(29)19(9-13)17(5)27-21-11-25-12-26-24(21)28-18(6)20-10-14(2)8-16(4)23(20)30;;;/h7-12,29-30H,1-6H3;2*1H;/q;;;+2/p-2. The fourth-order valence-electron chi connectivity index (χ4n) is 3.41. The number of aryl methyl sites for hydroxylation is 4. The van der Waals surface area contributed by atoms with Crippen LogP contribution in [0.4, 0.5) is 11.5 Å². The molecule has 0 fully saturated rings. The van der Waals surface area contributed by atoms with Crippen LogP contribution in [-0.4, -0.2) is 31.6 Å². The van der Waals surface area contributed by atoms with E-state index in [9.17, 15) is 10.2 Å². The SMILES string of the molecule is CC(=Nc1cncnc1N=C(C)c1cc(C)cc(C)c1O)c1cc(C)cc(C)c1O.[Cl][Ti][Cl]. The number of aromatic hydroxyl groups is 2. The van der Waals surface area contributed by atoms with Crippen molar-refractivity contribution in [2.45, 2.75) is 41.5 Å². The average Bonchev–Trinajstić information content (AvgIpc) is 2.75. The van der Waals surface area contributed by atoms with Crippen LogP contribution < -0.4 is 0 Å². The summed E-state index contributed by atoms with van der Waals surface area (Å²) in [5.74, 6) is 0.807. The van der Waals surface area contributed by atoms with E-state index in [1.54, 1.807) is 6.20 Å². The molecule has 0 aliphatic heterocycles. The van der Waals surface area contributed by atoms with Crippen LogP contribution in [0.3, 0.4) is 0 Å². The van der Waals surface area contributed by atoms with Crippen molar-refractivity contribution in [3.8, 4) is 11.5 Å². The third kappa shape index (κ3) is 7.12. The molecular weight excluding hydrogens is 495 g/mol. The van der Waals surface area contributed by atoms with E-state index >= 15 is 0 Å². The van der Waals surface area contributed by atoms with Crippen LogP contribution in [0.2, 0.25) is 0 Å². The van der Waals surface area contributed by atoms with Crippen molar-refractivity contribution in [1.82, 2.24) is 9.97 Å². The fraction of sp³-hybridized carbons (Fsp3) is 0.250. The number of aliphatic imine (C=N–C) groups is 2. The quantitative estimate of drug-likeness (QED) is 0.293. The molecule has 6 nitrogen and oxygen atoms in total. The topological polar surface area (TPSA) is 91.0 Å². The van der Waals surface area contributed by atoms with E-state index < -0.39 is 17.0 Å². The van der Waals surface area contributed by atoms with Gasteiger partial charge in [-0.25, -0.2) is 20.0 Å². The Bertz CT molecular complexity index is 1120. The molecule has 172 valence electrons. The van der Waals surface area contributed by atoms with Crippen molar-refractivity contribution in [3.05, 3.63) is 70.2 Å². The molecule has 0 atom stereocenters. The minimum absolute atomic E-state index is 0.206. The molecule has 1 aromatic heterocycles. The predicted octanol–water partition coefficient (Wildman–Crippen LogP) is 6.78. The molecule has 1 heterocycles. The van der Waals surface area contributed by atoms with Gasteiger partial charge in [0.05, 0.1) is 11.9 Å². The molecule has 33 heavy (non-hydrogen) atoms. The Hall–Kier alpha value is -2.25. The Balaban J connectivity index is 0.00000122. The van der Waals surface area contributed by atoms with E-state index in [1.165, 1.54) is 6.33 Å². The summed E-state index contributed by atoms with van der Waals surface area (Å²) in [6.07, 6.45) is 3.00. The van der Waals surface area contributed by atoms with E-state index in [2.05, 4.69) is 20.0 Å². The Labute approximate surface area is 211 Å². The first-order valence-electron chi connectivity index (χ1n) is 10.1. The zero-order chi connectivity index (χ0) is 24.7. The zero-order valence-corrected chi connectivity index (χ0v) is 22.5. The van der Waals surface area contributed by atoms with Crippen molar-refractivity contribution < 1.29 is 27.2 Å². The number of benzene rings is 2. The summed E-state index contributed by atoms with van der Waals surface area (Å²) in [5.41, 5.74) is 6.73. The van der Waals surface area contributed by atoms with E-state index in [0.717, 1.165) is 22.3 Å². The number of nitrogens with zero attached hydrogens (tertiary/aromatic N) is 4. The maximum atomic E-state index is 10.4. The number of halogens is 2. The third-order valence-corrected chi connectivity index (χ3v) is 4.90. The first-order valence-corrected chi connectivity index (χ1v) is 14.4. The number of rotatable bonds is 4. The Morgan fingerprint density at radius 3 is 1.76 bits per heavy atom. The monoisotopic (exact) mass is 520 g/mol. The number of phenolic OH excluding ortho intramolecular Hbond substituents is 2. The van der Waals surface area contributed by atoms with Crippen molar-refractivity contribution in [1.29, 1.82) is 0 Å². The van der Waals surface area contributed by atoms with Crippen LogP contribution in [0.5, 0.6) is 11.5 Å². The molecule has 0 aliphatic carbocycles. The van der Waals surface area contributed by atoms with E-state index in [4.69, 9.17) is 18.6 Å². The van der Waals surface area contributed by atoms with Crippen LogP contribution in [0, 0.1) is 27.7 Å². The number of hydrogen-bond acceptors (Lipinski definition) is 6. The van der Waals surface area contributed by atoms with Gasteiger partial charge in [0.25, 0.3) is 0 Å². The molecule has 0 unspecified atom stereocenters. The third-order valence-electron chi connectivity index (χ3n) is 4.90. The minimum atomic E-state index is -0.556. The molecule has 9 heteroatoms. The second kappa shape index (κ2) is 12.3. The Morgan fingerprint density at radius 2 is 1.27 bits per heavy atom. The second-order valence-electron chi connectivity index (χ2n) is 7.65. The second-order valence-corrected chi connectivity index (χ2v) is 10.2. The predicted molar refractivity (Wildman–Crippen MR) is 133 cm³/mol. The van der Waals surface area contributed by atoms with Crippen molar-refractivity contribution in [2.24, 2.45) is 9.98 Å². The molecule has 2 N–H and O–H groups in total. The van der Waals surface area contributed by atoms with Gasteiger partial charge in [0.2, 0.25) is 0 Å². The molecule has 0 radical (unpaired) electrons. The van der Waals surface area contributed by atoms with Crippen molar-refractivity contribution >= 4 is 41.5 Å². The normalized spacial score (nSPS) is 11.6. The van der Waals surface area contributed by atoms with Gasteiger partial charge in [0.15, 0.2) is 5.82 Å². The molecule has 0 saturated carbocycles. The van der Waals surface area contributed by atoms with Crippen molar-refractivity contribution in [2.75, 3.05) is 0 Å². The molecule has 3 rings (SSSR count). The molecule has 2 aromatic carbocycles. The van der Waals surface area contributed by atoms with Crippen LogP contribution >= 0.6 is 18.6 Å². The van der Waals surface area contributed by atoms with Crippen LogP contribution in [-0.2, 0) is 17.0 Å². The van der Waals surface area contributed by atoms with Crippen LogP contribution in [0.25, 0.3) is 0 Å². The van der Waals surface area contributed by atoms with Gasteiger partial charge < -0.3 is 10.2 Å². The molecular formula is C24H26Cl2N4O2Ti. The summed E-state index contributed by atoms with van der Waals surface area (Å²) < 4.78 is 0. The van der Waals surface area contributed by atoms with Gasteiger partial charge in [-0.3, -0.25) is 0 Å². The Morgan fingerprint density at radius 1 is 0.818 bits per heavy atom. The van der Waals surface area contributed by atoms with Gasteiger partial charge >= 0.3 is 35.6 Å². The van der Waals surface area contributed by atoms with Crippen LogP contribution in [0.15, 0.2) is 46.8 Å². The number of phenols is 2. The van der Waals surface area contributed by atoms with Gasteiger partial charge in [-0.2, -0.15) is 0 Å². The summed E-state index contributed by atoms with van der Waals surface area (Å²) in [6, 6.07) is 7.64. The summed E-state index contributed by atoms with van der Waals surface area (Å²) in [7, 11) is 9.78. The van der Waals surface area contributed by atoms with E-state index in [1.807, 2.05) is 65.8 Å². The molecule has 0 bridgehead atoms. The number of hydrogen-bond donors (Lipinski definition) is 2. The number of aromatic nitrogens is 2.